The van der Waals surface area contributed by atoms with Gasteiger partial charge in [-0.25, -0.2) is 0 Å². The molecular formula is C21H18Cl4NOP. The summed E-state index contributed by atoms with van der Waals surface area (Å²) in [6, 6.07) is 29.2. The molecule has 0 radical (unpaired) electrons. The van der Waals surface area contributed by atoms with Crippen LogP contribution in [0.2, 0.25) is 0 Å². The molecule has 28 heavy (non-hydrogen) atoms. The Hall–Kier alpha value is -1.28. The van der Waals surface area contributed by atoms with Crippen molar-refractivity contribution in [2.24, 2.45) is 0 Å². The van der Waals surface area contributed by atoms with Crippen LogP contribution < -0.4 is 21.2 Å². The van der Waals surface area contributed by atoms with Gasteiger partial charge in [0.05, 0.1) is 0 Å². The third kappa shape index (κ3) is 3.90. The van der Waals surface area contributed by atoms with Crippen LogP contribution in [-0.2, 0) is 4.79 Å². The van der Waals surface area contributed by atoms with Crippen LogP contribution in [0.1, 0.15) is 0 Å². The van der Waals surface area contributed by atoms with Crippen LogP contribution in [0.5, 0.6) is 0 Å². The average molecular weight is 473 g/mol. The number of amides is 1. The number of benzene rings is 3. The number of nitrogens with one attached hydrogen (secondary N) is 1. The van der Waals surface area contributed by atoms with Crippen molar-refractivity contribution in [1.29, 1.82) is 0 Å². The Balaban J connectivity index is 2.29. The van der Waals surface area contributed by atoms with Gasteiger partial charge in [0.1, 0.15) is 0 Å². The van der Waals surface area contributed by atoms with E-state index in [9.17, 15) is 4.79 Å². The quantitative estimate of drug-likeness (QED) is 0.405. The normalized spacial score (nSPS) is 13.4. The minimum atomic E-state index is -3.61. The Bertz CT molecular complexity index is 847. The third-order valence-electron chi connectivity index (χ3n) is 4.68. The molecule has 0 aliphatic heterocycles. The number of hydrogen-bond donors (Lipinski definition) is 1. The molecule has 0 bridgehead atoms. The zero-order valence-corrected chi connectivity index (χ0v) is 18.7. The Morgan fingerprint density at radius 2 is 1.04 bits per heavy atom. The zero-order chi connectivity index (χ0) is 20.3. The summed E-state index contributed by atoms with van der Waals surface area (Å²) < 4.78 is -2.07. The van der Waals surface area contributed by atoms with Crippen LogP contribution in [0.15, 0.2) is 91.0 Å². The van der Waals surface area contributed by atoms with Crippen molar-refractivity contribution in [2.75, 3.05) is 6.29 Å². The van der Waals surface area contributed by atoms with Gasteiger partial charge in [-0.1, -0.05) is 0 Å². The summed E-state index contributed by atoms with van der Waals surface area (Å²) in [5.41, 5.74) is 0. The van der Waals surface area contributed by atoms with Gasteiger partial charge in [0.25, 0.3) is 0 Å². The first-order valence-corrected chi connectivity index (χ1v) is 13.0. The van der Waals surface area contributed by atoms with Crippen molar-refractivity contribution < 1.29 is 4.79 Å². The minimum absolute atomic E-state index is 0.109. The van der Waals surface area contributed by atoms with E-state index in [2.05, 4.69) is 5.32 Å². The zero-order valence-electron chi connectivity index (χ0n) is 14.7. The van der Waals surface area contributed by atoms with Crippen LogP contribution in [-0.4, -0.2) is 16.0 Å². The summed E-state index contributed by atoms with van der Waals surface area (Å²) in [6.07, 6.45) is 0.109. The van der Waals surface area contributed by atoms with Crippen LogP contribution in [0, 0.1) is 0 Å². The number of alkyl halides is 3. The molecule has 0 aliphatic rings. The fourth-order valence-electron chi connectivity index (χ4n) is 3.26. The molecule has 2 nitrogen and oxygen atoms in total. The molecule has 0 saturated heterocycles. The van der Waals surface area contributed by atoms with Gasteiger partial charge in [-0.2, -0.15) is 0 Å². The molecule has 0 heterocycles. The second-order valence-corrected chi connectivity index (χ2v) is 15.1. The SMILES string of the molecule is O=C(NCP(Cl)(c1ccccc1)(c1ccccc1)c1ccccc1)C(Cl)(Cl)Cl. The number of hydrogen-bond acceptors (Lipinski definition) is 1. The average Bonchev–Trinajstić information content (AvgIpc) is 2.73. The summed E-state index contributed by atoms with van der Waals surface area (Å²) >= 11 is 25.1. The molecule has 0 fully saturated rings. The number of rotatable bonds is 5. The molecule has 1 amide bonds. The van der Waals surface area contributed by atoms with E-state index in [4.69, 9.17) is 46.0 Å². The number of halogens is 4. The topological polar surface area (TPSA) is 29.1 Å². The summed E-state index contributed by atoms with van der Waals surface area (Å²) in [5.74, 6) is -4.33. The first-order chi connectivity index (χ1) is 13.3. The van der Waals surface area contributed by atoms with Gasteiger partial charge in [-0.3, -0.25) is 0 Å². The number of carbonyl (C=O) groups is 1. The third-order valence-corrected chi connectivity index (χ3v) is 12.2. The predicted molar refractivity (Wildman–Crippen MR) is 124 cm³/mol. The van der Waals surface area contributed by atoms with E-state index in [0.717, 1.165) is 15.9 Å². The maximum absolute atomic E-state index is 12.4. The van der Waals surface area contributed by atoms with E-state index >= 15 is 0 Å². The van der Waals surface area contributed by atoms with Crippen LogP contribution in [0.25, 0.3) is 0 Å². The molecule has 3 aromatic rings. The first kappa shape index (κ1) is 21.4. The molecule has 146 valence electrons. The van der Waals surface area contributed by atoms with Gasteiger partial charge in [0.2, 0.25) is 0 Å². The van der Waals surface area contributed by atoms with Crippen molar-refractivity contribution >= 4 is 73.8 Å². The van der Waals surface area contributed by atoms with Crippen LogP contribution in [0.3, 0.4) is 0 Å². The Kier molecular flexibility index (Phi) is 6.29. The maximum atomic E-state index is 12.4. The van der Waals surface area contributed by atoms with Crippen molar-refractivity contribution in [3.05, 3.63) is 91.0 Å². The molecule has 0 unspecified atom stereocenters. The summed E-state index contributed by atoms with van der Waals surface area (Å²) in [6.45, 7) is 0. The van der Waals surface area contributed by atoms with E-state index < -0.39 is 15.7 Å². The Labute approximate surface area is 184 Å². The molecule has 3 aromatic carbocycles. The van der Waals surface area contributed by atoms with Crippen molar-refractivity contribution in [1.82, 2.24) is 5.32 Å². The molecule has 0 saturated carbocycles. The van der Waals surface area contributed by atoms with Crippen molar-refractivity contribution in [3.63, 3.8) is 0 Å². The molecule has 7 heteroatoms. The second kappa shape index (κ2) is 8.22. The van der Waals surface area contributed by atoms with Gasteiger partial charge < -0.3 is 0 Å². The van der Waals surface area contributed by atoms with Crippen LogP contribution >= 0.6 is 52.0 Å². The predicted octanol–water partition coefficient (Wildman–Crippen LogP) is 5.11. The van der Waals surface area contributed by atoms with Gasteiger partial charge >= 0.3 is 185 Å². The van der Waals surface area contributed by atoms with Crippen LogP contribution in [0.4, 0.5) is 0 Å². The van der Waals surface area contributed by atoms with E-state index in [-0.39, 0.29) is 6.29 Å². The van der Waals surface area contributed by atoms with Crippen molar-refractivity contribution in [2.45, 2.75) is 3.79 Å². The Morgan fingerprint density at radius 1 is 0.714 bits per heavy atom. The first-order valence-electron chi connectivity index (χ1n) is 8.51. The van der Waals surface area contributed by atoms with Gasteiger partial charge in [-0.05, 0) is 0 Å². The molecule has 0 atom stereocenters. The van der Waals surface area contributed by atoms with E-state index in [1.54, 1.807) is 0 Å². The fourth-order valence-corrected chi connectivity index (χ4v) is 8.92. The standard InChI is InChI=1S/C21H18Cl4NOP/c22-21(23,24)20(27)26-16-28(25,17-10-4-1-5-11-17,18-12-6-2-7-13-18)19-14-8-3-9-15-19/h1-15H,16H2,(H,26,27). The molecule has 0 spiro atoms. The molecule has 3 rings (SSSR count). The summed E-state index contributed by atoms with van der Waals surface area (Å²) in [4.78, 5) is 12.4. The summed E-state index contributed by atoms with van der Waals surface area (Å²) in [7, 11) is 0. The van der Waals surface area contributed by atoms with E-state index in [0.29, 0.717) is 0 Å². The van der Waals surface area contributed by atoms with Gasteiger partial charge in [0.15, 0.2) is 0 Å². The second-order valence-electron chi connectivity index (χ2n) is 6.35. The van der Waals surface area contributed by atoms with E-state index in [1.807, 2.05) is 91.0 Å². The molecule has 0 aromatic heterocycles. The molecular weight excluding hydrogens is 455 g/mol. The van der Waals surface area contributed by atoms with E-state index in [1.165, 1.54) is 0 Å². The molecule has 0 aliphatic carbocycles. The Morgan fingerprint density at radius 3 is 1.32 bits per heavy atom. The summed E-state index contributed by atoms with van der Waals surface area (Å²) in [5, 5.41) is 5.53. The van der Waals surface area contributed by atoms with Crippen molar-refractivity contribution in [3.8, 4) is 0 Å². The van der Waals surface area contributed by atoms with Gasteiger partial charge in [0, 0.05) is 0 Å². The molecule has 1 N–H and O–H groups in total. The van der Waals surface area contributed by atoms with Gasteiger partial charge in [-0.15, -0.1) is 0 Å². The number of carbonyl (C=O) groups excluding carboxylic acids is 1. The fraction of sp³-hybridized carbons (Fsp3) is 0.0952. The monoisotopic (exact) mass is 471 g/mol.